The van der Waals surface area contributed by atoms with Gasteiger partial charge in [0.2, 0.25) is 5.91 Å². The molecule has 4 rings (SSSR count). The van der Waals surface area contributed by atoms with E-state index in [9.17, 15) is 15.0 Å². The summed E-state index contributed by atoms with van der Waals surface area (Å²) in [6.07, 6.45) is 20.7. The zero-order valence-corrected chi connectivity index (χ0v) is 34.0. The standard InChI is InChI=1S/C30H52N2O3.C15H22N2O2/c1-3-4-5-6-7-8-9-10-11-12-13-14-15-18-29(33)31-28(25-32-23-16-17-24-32)30(34)26-19-21-27(35-2)22-20-26;1-11(17-9-3-4-10-17)14(16)15(18)12-5-7-13(19-2)8-6-12/h19-22,28,30,34H,3-18,23-25H2,1-2H3,(H,31,33);5-8,14-15,18H,1,3-4,9-10,16H2,2H3/t28-,30-;14-,15-/m11/s1. The Labute approximate surface area is 327 Å². The predicted octanol–water partition coefficient (Wildman–Crippen LogP) is 8.46. The summed E-state index contributed by atoms with van der Waals surface area (Å²) in [6, 6.07) is 14.1. The Hall–Kier alpha value is -3.11. The van der Waals surface area contributed by atoms with Crippen LogP contribution >= 0.6 is 0 Å². The molecule has 0 bridgehead atoms. The smallest absolute Gasteiger partial charge is 0.220 e. The molecule has 54 heavy (non-hydrogen) atoms. The first-order valence-electron chi connectivity index (χ1n) is 21.1. The molecule has 0 radical (unpaired) electrons. The van der Waals surface area contributed by atoms with Crippen molar-refractivity contribution >= 4 is 5.91 Å². The Morgan fingerprint density at radius 3 is 1.59 bits per heavy atom. The van der Waals surface area contributed by atoms with E-state index in [0.29, 0.717) is 13.0 Å². The van der Waals surface area contributed by atoms with Crippen LogP contribution in [0.5, 0.6) is 11.5 Å². The topological polar surface area (TPSA) is 121 Å². The molecule has 2 aromatic rings. The minimum Gasteiger partial charge on any atom is -0.497 e. The van der Waals surface area contributed by atoms with Crippen molar-refractivity contribution in [2.45, 2.75) is 147 Å². The van der Waals surface area contributed by atoms with Gasteiger partial charge < -0.3 is 40.5 Å². The number of hydrogen-bond acceptors (Lipinski definition) is 8. The molecule has 9 heteroatoms. The molecule has 9 nitrogen and oxygen atoms in total. The summed E-state index contributed by atoms with van der Waals surface area (Å²) in [5.74, 6) is 1.59. The highest BCUT2D eigenvalue weighted by Gasteiger charge is 2.27. The van der Waals surface area contributed by atoms with Gasteiger partial charge in [0.05, 0.1) is 32.4 Å². The Bertz CT molecular complexity index is 1280. The number of benzene rings is 2. The Kier molecular flexibility index (Phi) is 22.3. The minimum absolute atomic E-state index is 0.0600. The van der Waals surface area contributed by atoms with Gasteiger partial charge >= 0.3 is 0 Å². The van der Waals surface area contributed by atoms with Crippen molar-refractivity contribution in [1.82, 2.24) is 15.1 Å². The van der Waals surface area contributed by atoms with Gasteiger partial charge in [-0.05, 0) is 80.6 Å². The molecule has 2 aliphatic rings. The Balaban J connectivity index is 0.000000345. The van der Waals surface area contributed by atoms with E-state index in [1.54, 1.807) is 14.2 Å². The van der Waals surface area contributed by atoms with E-state index in [2.05, 4.69) is 28.6 Å². The molecule has 2 saturated heterocycles. The minimum atomic E-state index is -0.737. The van der Waals surface area contributed by atoms with Crippen molar-refractivity contribution in [3.05, 3.63) is 71.9 Å². The zero-order chi connectivity index (χ0) is 39.0. The molecule has 0 aliphatic carbocycles. The normalized spacial score (nSPS) is 16.6. The highest BCUT2D eigenvalue weighted by molar-refractivity contribution is 5.76. The highest BCUT2D eigenvalue weighted by Crippen LogP contribution is 2.26. The van der Waals surface area contributed by atoms with Gasteiger partial charge in [-0.2, -0.15) is 0 Å². The fraction of sp³-hybridized carbons (Fsp3) is 0.667. The number of nitrogens with two attached hydrogens (primary N) is 1. The lowest BCUT2D eigenvalue weighted by molar-refractivity contribution is -0.123. The van der Waals surface area contributed by atoms with E-state index in [-0.39, 0.29) is 11.9 Å². The van der Waals surface area contributed by atoms with Crippen LogP contribution < -0.4 is 20.5 Å². The van der Waals surface area contributed by atoms with Crippen LogP contribution in [-0.2, 0) is 4.79 Å². The Morgan fingerprint density at radius 2 is 1.13 bits per heavy atom. The van der Waals surface area contributed by atoms with Crippen molar-refractivity contribution in [3.8, 4) is 11.5 Å². The predicted molar refractivity (Wildman–Crippen MR) is 222 cm³/mol. The molecule has 2 aromatic carbocycles. The second-order valence-corrected chi connectivity index (χ2v) is 15.3. The van der Waals surface area contributed by atoms with Gasteiger partial charge in [0.15, 0.2) is 0 Å². The van der Waals surface area contributed by atoms with Gasteiger partial charge in [0, 0.05) is 31.8 Å². The van der Waals surface area contributed by atoms with E-state index in [1.165, 1.54) is 96.3 Å². The summed E-state index contributed by atoms with van der Waals surface area (Å²) in [4.78, 5) is 17.2. The lowest BCUT2D eigenvalue weighted by Crippen LogP contribution is -2.46. The van der Waals surface area contributed by atoms with E-state index in [0.717, 1.165) is 67.3 Å². The number of amides is 1. The number of nitrogens with one attached hydrogen (secondary N) is 1. The fourth-order valence-electron chi connectivity index (χ4n) is 7.49. The average molecular weight is 751 g/mol. The lowest BCUT2D eigenvalue weighted by Gasteiger charge is -2.29. The highest BCUT2D eigenvalue weighted by atomic mass is 16.5. The van der Waals surface area contributed by atoms with E-state index >= 15 is 0 Å². The van der Waals surface area contributed by atoms with Crippen molar-refractivity contribution in [2.75, 3.05) is 46.9 Å². The maximum atomic E-state index is 12.7. The van der Waals surface area contributed by atoms with Crippen LogP contribution in [-0.4, -0.2) is 84.9 Å². The molecule has 2 heterocycles. The van der Waals surface area contributed by atoms with Crippen LogP contribution in [0.2, 0.25) is 0 Å². The van der Waals surface area contributed by atoms with Crippen LogP contribution in [0.1, 0.15) is 146 Å². The quantitative estimate of drug-likeness (QED) is 0.0747. The molecule has 304 valence electrons. The third kappa shape index (κ3) is 16.7. The number of hydrogen-bond donors (Lipinski definition) is 4. The number of ether oxygens (including phenoxy) is 2. The average Bonchev–Trinajstić information content (AvgIpc) is 3.94. The molecule has 5 N–H and O–H groups in total. The molecule has 0 aromatic heterocycles. The molecule has 0 unspecified atom stereocenters. The second kappa shape index (κ2) is 26.7. The molecule has 0 spiro atoms. The van der Waals surface area contributed by atoms with E-state index in [4.69, 9.17) is 15.2 Å². The SMILES string of the molecule is C=C([C@@H](N)[C@H](O)c1ccc(OC)cc1)N1CCCC1.CCCCCCCCCCCCCCCC(=O)N[C@H](CN1CCCC1)[C@H](O)c1ccc(OC)cc1. The van der Waals surface area contributed by atoms with Gasteiger partial charge in [-0.1, -0.05) is 115 Å². The lowest BCUT2D eigenvalue weighted by atomic mass is 10.0. The molecule has 2 fully saturated rings. The van der Waals surface area contributed by atoms with Crippen molar-refractivity contribution in [3.63, 3.8) is 0 Å². The van der Waals surface area contributed by atoms with Crippen LogP contribution in [0.15, 0.2) is 60.8 Å². The number of carbonyl (C=O) groups excluding carboxylic acids is 1. The van der Waals surface area contributed by atoms with Gasteiger partial charge in [-0.25, -0.2) is 0 Å². The molecule has 1 amide bonds. The molecule has 4 atom stereocenters. The third-order valence-electron chi connectivity index (χ3n) is 11.0. The second-order valence-electron chi connectivity index (χ2n) is 15.3. The van der Waals surface area contributed by atoms with Gasteiger partial charge in [0.25, 0.3) is 0 Å². The largest absolute Gasteiger partial charge is 0.497 e. The van der Waals surface area contributed by atoms with Crippen LogP contribution in [0.4, 0.5) is 0 Å². The number of unbranched alkanes of at least 4 members (excludes halogenated alkanes) is 12. The fourth-order valence-corrected chi connectivity index (χ4v) is 7.49. The number of aliphatic hydroxyl groups excluding tert-OH is 2. The first kappa shape index (κ1) is 45.3. The Morgan fingerprint density at radius 1 is 0.704 bits per heavy atom. The summed E-state index contributed by atoms with van der Waals surface area (Å²) in [5.41, 5.74) is 8.54. The summed E-state index contributed by atoms with van der Waals surface area (Å²) >= 11 is 0. The summed E-state index contributed by atoms with van der Waals surface area (Å²) in [7, 11) is 3.25. The summed E-state index contributed by atoms with van der Waals surface area (Å²) in [5, 5.41) is 24.5. The van der Waals surface area contributed by atoms with Crippen LogP contribution in [0.25, 0.3) is 0 Å². The van der Waals surface area contributed by atoms with Crippen LogP contribution in [0.3, 0.4) is 0 Å². The molecular weight excluding hydrogens is 677 g/mol. The molecule has 2 aliphatic heterocycles. The number of methoxy groups -OCH3 is 2. The van der Waals surface area contributed by atoms with Crippen molar-refractivity contribution < 1.29 is 24.5 Å². The van der Waals surface area contributed by atoms with Crippen LogP contribution in [0, 0.1) is 0 Å². The van der Waals surface area contributed by atoms with E-state index in [1.807, 2.05) is 48.5 Å². The number of carbonyl (C=O) groups is 1. The van der Waals surface area contributed by atoms with E-state index < -0.39 is 18.2 Å². The number of aliphatic hydroxyl groups is 2. The van der Waals surface area contributed by atoms with Gasteiger partial charge in [0.1, 0.15) is 17.6 Å². The zero-order valence-electron chi connectivity index (χ0n) is 34.0. The summed E-state index contributed by atoms with van der Waals surface area (Å²) < 4.78 is 10.3. The molecule has 0 saturated carbocycles. The van der Waals surface area contributed by atoms with Crippen molar-refractivity contribution in [2.24, 2.45) is 5.73 Å². The number of nitrogens with zero attached hydrogens (tertiary/aromatic N) is 2. The molecular formula is C45H74N4O5. The maximum Gasteiger partial charge on any atom is 0.220 e. The third-order valence-corrected chi connectivity index (χ3v) is 11.0. The number of likely N-dealkylation sites (tertiary alicyclic amines) is 2. The first-order chi connectivity index (χ1) is 26.3. The summed E-state index contributed by atoms with van der Waals surface area (Å²) in [6.45, 7) is 11.1. The van der Waals surface area contributed by atoms with Gasteiger partial charge in [-0.3, -0.25) is 4.79 Å². The maximum absolute atomic E-state index is 12.7. The van der Waals surface area contributed by atoms with Gasteiger partial charge in [-0.15, -0.1) is 0 Å². The van der Waals surface area contributed by atoms with Crippen molar-refractivity contribution in [1.29, 1.82) is 0 Å². The number of rotatable bonds is 25. The monoisotopic (exact) mass is 751 g/mol. The first-order valence-corrected chi connectivity index (χ1v) is 21.1.